The van der Waals surface area contributed by atoms with Crippen LogP contribution in [0.2, 0.25) is 0 Å². The number of hydrogen-bond acceptors (Lipinski definition) is 5. The summed E-state index contributed by atoms with van der Waals surface area (Å²) in [7, 11) is 0. The molecule has 0 N–H and O–H groups in total. The van der Waals surface area contributed by atoms with Gasteiger partial charge in [-0.25, -0.2) is 4.98 Å². The number of nitrogens with zero attached hydrogens (tertiary/aromatic N) is 4. The van der Waals surface area contributed by atoms with Crippen LogP contribution in [0.1, 0.15) is 24.2 Å². The van der Waals surface area contributed by atoms with Crippen LogP contribution in [0, 0.1) is 6.92 Å². The zero-order valence-electron chi connectivity index (χ0n) is 13.1. The SMILES string of the molecule is Cc1cncc(OC2CCN(c3ccnc(C(F)(F)F)c3)CC2)n1. The normalized spacial score (nSPS) is 16.2. The van der Waals surface area contributed by atoms with Crippen molar-refractivity contribution < 1.29 is 17.9 Å². The number of piperidine rings is 1. The third-order valence-corrected chi connectivity index (χ3v) is 3.86. The third kappa shape index (κ3) is 3.93. The summed E-state index contributed by atoms with van der Waals surface area (Å²) in [5.41, 5.74) is 0.445. The Kier molecular flexibility index (Phi) is 4.55. The molecule has 8 heteroatoms. The minimum absolute atomic E-state index is 0.0127. The van der Waals surface area contributed by atoms with Crippen molar-refractivity contribution in [3.63, 3.8) is 0 Å². The van der Waals surface area contributed by atoms with Crippen LogP contribution in [0.3, 0.4) is 0 Å². The Morgan fingerprint density at radius 1 is 1.21 bits per heavy atom. The van der Waals surface area contributed by atoms with Gasteiger partial charge in [-0.2, -0.15) is 13.2 Å². The van der Waals surface area contributed by atoms with Crippen LogP contribution >= 0.6 is 0 Å². The molecule has 2 aromatic heterocycles. The number of ether oxygens (including phenoxy) is 1. The van der Waals surface area contributed by atoms with Crippen molar-refractivity contribution in [2.45, 2.75) is 32.0 Å². The molecule has 1 fully saturated rings. The van der Waals surface area contributed by atoms with Gasteiger partial charge in [-0.1, -0.05) is 0 Å². The predicted molar refractivity (Wildman–Crippen MR) is 81.9 cm³/mol. The summed E-state index contributed by atoms with van der Waals surface area (Å²) in [5.74, 6) is 0.483. The number of rotatable bonds is 3. The van der Waals surface area contributed by atoms with Crippen molar-refractivity contribution in [1.29, 1.82) is 0 Å². The maximum absolute atomic E-state index is 12.8. The number of anilines is 1. The first-order chi connectivity index (χ1) is 11.4. The summed E-state index contributed by atoms with van der Waals surface area (Å²) in [6.07, 6.45) is 1.39. The largest absolute Gasteiger partial charge is 0.473 e. The smallest absolute Gasteiger partial charge is 0.433 e. The van der Waals surface area contributed by atoms with Gasteiger partial charge < -0.3 is 9.64 Å². The van der Waals surface area contributed by atoms with E-state index in [2.05, 4.69) is 15.0 Å². The number of hydrogen-bond donors (Lipinski definition) is 0. The van der Waals surface area contributed by atoms with E-state index in [1.54, 1.807) is 18.5 Å². The number of alkyl halides is 3. The van der Waals surface area contributed by atoms with Gasteiger partial charge in [-0.15, -0.1) is 0 Å². The molecule has 24 heavy (non-hydrogen) atoms. The minimum atomic E-state index is -4.43. The first-order valence-corrected chi connectivity index (χ1v) is 7.65. The summed E-state index contributed by atoms with van der Waals surface area (Å²) in [5, 5.41) is 0. The van der Waals surface area contributed by atoms with Gasteiger partial charge in [0.2, 0.25) is 5.88 Å². The molecular formula is C16H17F3N4O. The monoisotopic (exact) mass is 338 g/mol. The fourth-order valence-corrected chi connectivity index (χ4v) is 2.67. The Bertz CT molecular complexity index is 700. The van der Waals surface area contributed by atoms with E-state index in [4.69, 9.17) is 4.74 Å². The second-order valence-corrected chi connectivity index (χ2v) is 5.70. The maximum atomic E-state index is 12.8. The molecule has 3 rings (SSSR count). The average Bonchev–Trinajstić information content (AvgIpc) is 2.55. The first-order valence-electron chi connectivity index (χ1n) is 7.65. The Morgan fingerprint density at radius 2 is 1.96 bits per heavy atom. The Balaban J connectivity index is 1.61. The molecule has 0 bridgehead atoms. The van der Waals surface area contributed by atoms with E-state index >= 15 is 0 Å². The Morgan fingerprint density at radius 3 is 2.62 bits per heavy atom. The van der Waals surface area contributed by atoms with Crippen molar-refractivity contribution in [2.24, 2.45) is 0 Å². The Labute approximate surface area is 137 Å². The molecule has 0 aliphatic carbocycles. The fourth-order valence-electron chi connectivity index (χ4n) is 2.67. The van der Waals surface area contributed by atoms with Crippen LogP contribution < -0.4 is 9.64 Å². The lowest BCUT2D eigenvalue weighted by Gasteiger charge is -2.33. The molecule has 0 aromatic carbocycles. The van der Waals surface area contributed by atoms with Gasteiger partial charge in [0.1, 0.15) is 11.8 Å². The van der Waals surface area contributed by atoms with E-state index in [1.807, 2.05) is 11.8 Å². The second-order valence-electron chi connectivity index (χ2n) is 5.70. The molecular weight excluding hydrogens is 321 g/mol. The highest BCUT2D eigenvalue weighted by atomic mass is 19.4. The van der Waals surface area contributed by atoms with Crippen molar-refractivity contribution >= 4 is 5.69 Å². The van der Waals surface area contributed by atoms with Crippen molar-refractivity contribution in [1.82, 2.24) is 15.0 Å². The molecule has 0 amide bonds. The highest BCUT2D eigenvalue weighted by molar-refractivity contribution is 5.47. The molecule has 128 valence electrons. The second kappa shape index (κ2) is 6.62. The first kappa shape index (κ1) is 16.5. The molecule has 1 saturated heterocycles. The van der Waals surface area contributed by atoms with Gasteiger partial charge in [0.15, 0.2) is 0 Å². The van der Waals surface area contributed by atoms with Crippen LogP contribution in [-0.2, 0) is 6.18 Å². The van der Waals surface area contributed by atoms with Crippen LogP contribution in [0.4, 0.5) is 18.9 Å². The third-order valence-electron chi connectivity index (χ3n) is 3.86. The van der Waals surface area contributed by atoms with Crippen molar-refractivity contribution in [3.8, 4) is 5.88 Å². The quantitative estimate of drug-likeness (QED) is 0.860. The lowest BCUT2D eigenvalue weighted by atomic mass is 10.1. The molecule has 2 aromatic rings. The van der Waals surface area contributed by atoms with Crippen LogP contribution in [-0.4, -0.2) is 34.1 Å². The van der Waals surface area contributed by atoms with Crippen molar-refractivity contribution in [2.75, 3.05) is 18.0 Å². The van der Waals surface area contributed by atoms with E-state index in [9.17, 15) is 13.2 Å². The maximum Gasteiger partial charge on any atom is 0.433 e. The van der Waals surface area contributed by atoms with Gasteiger partial charge in [-0.3, -0.25) is 9.97 Å². The van der Waals surface area contributed by atoms with Gasteiger partial charge >= 0.3 is 6.18 Å². The molecule has 3 heterocycles. The number of aromatic nitrogens is 3. The molecule has 1 aliphatic heterocycles. The highest BCUT2D eigenvalue weighted by Crippen LogP contribution is 2.30. The summed E-state index contributed by atoms with van der Waals surface area (Å²) in [6.45, 7) is 3.07. The molecule has 0 spiro atoms. The van der Waals surface area contributed by atoms with Crippen LogP contribution in [0.5, 0.6) is 5.88 Å². The number of pyridine rings is 1. The summed E-state index contributed by atoms with van der Waals surface area (Å²) in [6, 6.07) is 2.69. The van der Waals surface area contributed by atoms with Gasteiger partial charge in [0.25, 0.3) is 0 Å². The lowest BCUT2D eigenvalue weighted by Crippen LogP contribution is -2.38. The molecule has 5 nitrogen and oxygen atoms in total. The lowest BCUT2D eigenvalue weighted by molar-refractivity contribution is -0.141. The average molecular weight is 338 g/mol. The van der Waals surface area contributed by atoms with Gasteiger partial charge in [0.05, 0.1) is 11.9 Å². The predicted octanol–water partition coefficient (Wildman–Crippen LogP) is 3.25. The van der Waals surface area contributed by atoms with E-state index in [-0.39, 0.29) is 6.10 Å². The minimum Gasteiger partial charge on any atom is -0.473 e. The van der Waals surface area contributed by atoms with E-state index in [0.29, 0.717) is 37.5 Å². The highest BCUT2D eigenvalue weighted by Gasteiger charge is 2.33. The van der Waals surface area contributed by atoms with E-state index < -0.39 is 11.9 Å². The fraction of sp³-hybridized carbons (Fsp3) is 0.438. The number of halogens is 3. The molecule has 0 saturated carbocycles. The van der Waals surface area contributed by atoms with E-state index in [1.165, 1.54) is 6.20 Å². The van der Waals surface area contributed by atoms with Crippen LogP contribution in [0.25, 0.3) is 0 Å². The van der Waals surface area contributed by atoms with E-state index in [0.717, 1.165) is 11.8 Å². The molecule has 0 radical (unpaired) electrons. The Hall–Kier alpha value is -2.38. The zero-order chi connectivity index (χ0) is 17.2. The van der Waals surface area contributed by atoms with Crippen molar-refractivity contribution in [3.05, 3.63) is 42.1 Å². The molecule has 1 aliphatic rings. The number of aryl methyl sites for hydroxylation is 1. The standard InChI is InChI=1S/C16H17F3N4O/c1-11-9-20-10-15(22-11)24-13-3-6-23(7-4-13)12-2-5-21-14(8-12)16(17,18)19/h2,5,8-10,13H,3-4,6-7H2,1H3. The molecule has 0 atom stereocenters. The summed E-state index contributed by atoms with van der Waals surface area (Å²) < 4.78 is 44.1. The topological polar surface area (TPSA) is 51.1 Å². The van der Waals surface area contributed by atoms with Gasteiger partial charge in [-0.05, 0) is 19.1 Å². The van der Waals surface area contributed by atoms with Gasteiger partial charge in [0, 0.05) is 44.0 Å². The summed E-state index contributed by atoms with van der Waals surface area (Å²) >= 11 is 0. The summed E-state index contributed by atoms with van der Waals surface area (Å²) in [4.78, 5) is 13.6. The zero-order valence-corrected chi connectivity index (χ0v) is 13.1. The van der Waals surface area contributed by atoms with Crippen LogP contribution in [0.15, 0.2) is 30.7 Å². The molecule has 0 unspecified atom stereocenters.